The van der Waals surface area contributed by atoms with Gasteiger partial charge in [0.25, 0.3) is 0 Å². The largest absolute Gasteiger partial charge is 0.478 e. The highest BCUT2D eigenvalue weighted by atomic mass is 32.1. The molecule has 1 aromatic heterocycles. The van der Waals surface area contributed by atoms with Crippen molar-refractivity contribution in [3.63, 3.8) is 0 Å². The van der Waals surface area contributed by atoms with Crippen LogP contribution >= 0.6 is 11.3 Å². The number of fused-ring (bicyclic) bond motifs is 2. The third kappa shape index (κ3) is 2.79. The molecule has 0 fully saturated rings. The first-order valence-electron chi connectivity index (χ1n) is 9.26. The number of aryl methyl sites for hydroxylation is 1. The second-order valence-corrected chi connectivity index (χ2v) is 9.55. The summed E-state index contributed by atoms with van der Waals surface area (Å²) in [5.74, 6) is 5.24. The van der Waals surface area contributed by atoms with Gasteiger partial charge < -0.3 is 5.11 Å². The third-order valence-electron chi connectivity index (χ3n) is 5.96. The third-order valence-corrected chi connectivity index (χ3v) is 7.29. The number of nitrogens with two attached hydrogens (primary N) is 1. The van der Waals surface area contributed by atoms with Crippen LogP contribution in [0.3, 0.4) is 0 Å². The summed E-state index contributed by atoms with van der Waals surface area (Å²) in [6, 6.07) is 6.49. The standard InChI is InChI=1S/C21H26N2O2S/c1-21(2)10-9-17-15(11-21)18(20(24)25)19(26-17)14-6-4-5-13-12(14)7-8-16(13)23(3)22/h4-6,16H,7-11,22H2,1-3H3,(H,24,25)/t16-/m1/s1. The van der Waals surface area contributed by atoms with E-state index in [1.54, 1.807) is 16.3 Å². The Bertz CT molecular complexity index is 882. The Kier molecular flexibility index (Phi) is 4.21. The highest BCUT2D eigenvalue weighted by Crippen LogP contribution is 2.48. The van der Waals surface area contributed by atoms with E-state index in [1.165, 1.54) is 16.0 Å². The van der Waals surface area contributed by atoms with Crippen LogP contribution < -0.4 is 5.84 Å². The number of carboxylic acid groups (broad SMARTS) is 1. The number of hydrazine groups is 1. The molecule has 1 heterocycles. The van der Waals surface area contributed by atoms with E-state index in [9.17, 15) is 9.90 Å². The molecular weight excluding hydrogens is 344 g/mol. The molecule has 0 spiro atoms. The van der Waals surface area contributed by atoms with Crippen molar-refractivity contribution in [1.29, 1.82) is 0 Å². The molecular formula is C21H26N2O2S. The molecule has 1 atom stereocenters. The van der Waals surface area contributed by atoms with Crippen molar-refractivity contribution in [3.05, 3.63) is 45.3 Å². The second kappa shape index (κ2) is 6.19. The lowest BCUT2D eigenvalue weighted by Crippen LogP contribution is -2.29. The van der Waals surface area contributed by atoms with Crippen LogP contribution in [0.5, 0.6) is 0 Å². The first kappa shape index (κ1) is 17.7. The summed E-state index contributed by atoms with van der Waals surface area (Å²) in [6.45, 7) is 4.47. The van der Waals surface area contributed by atoms with Gasteiger partial charge >= 0.3 is 5.97 Å². The molecule has 0 amide bonds. The molecule has 2 aliphatic rings. The zero-order chi connectivity index (χ0) is 18.6. The number of rotatable bonds is 3. The van der Waals surface area contributed by atoms with Gasteiger partial charge in [-0.1, -0.05) is 32.0 Å². The summed E-state index contributed by atoms with van der Waals surface area (Å²) in [5.41, 5.74) is 5.39. The van der Waals surface area contributed by atoms with Crippen LogP contribution in [0.4, 0.5) is 0 Å². The normalized spacial score (nSPS) is 20.9. The molecule has 0 saturated heterocycles. The van der Waals surface area contributed by atoms with Crippen LogP contribution in [0.1, 0.15) is 64.7 Å². The lowest BCUT2D eigenvalue weighted by atomic mass is 9.76. The average Bonchev–Trinajstić information content (AvgIpc) is 3.14. The molecule has 0 radical (unpaired) electrons. The minimum absolute atomic E-state index is 0.168. The van der Waals surface area contributed by atoms with Gasteiger partial charge in [-0.3, -0.25) is 5.84 Å². The molecule has 5 heteroatoms. The van der Waals surface area contributed by atoms with Crippen molar-refractivity contribution in [2.75, 3.05) is 7.05 Å². The van der Waals surface area contributed by atoms with Crippen LogP contribution in [0.25, 0.3) is 10.4 Å². The van der Waals surface area contributed by atoms with Crippen molar-refractivity contribution < 1.29 is 9.90 Å². The highest BCUT2D eigenvalue weighted by Gasteiger charge is 2.34. The SMILES string of the molecule is CN(N)[C@@H]1CCc2c(-c3sc4c(c3C(=O)O)CC(C)(C)CC4)cccc21. The molecule has 138 valence electrons. The van der Waals surface area contributed by atoms with E-state index in [4.69, 9.17) is 5.84 Å². The lowest BCUT2D eigenvalue weighted by Gasteiger charge is -2.29. The predicted octanol–water partition coefficient (Wildman–Crippen LogP) is 4.42. The van der Waals surface area contributed by atoms with E-state index in [0.29, 0.717) is 5.56 Å². The molecule has 1 aromatic carbocycles. The maximum absolute atomic E-state index is 12.2. The Labute approximate surface area is 158 Å². The van der Waals surface area contributed by atoms with Gasteiger partial charge in [0.1, 0.15) is 0 Å². The van der Waals surface area contributed by atoms with Crippen molar-refractivity contribution in [2.45, 2.75) is 52.0 Å². The van der Waals surface area contributed by atoms with Crippen LogP contribution in [-0.2, 0) is 19.3 Å². The number of hydrogen-bond acceptors (Lipinski definition) is 4. The van der Waals surface area contributed by atoms with Crippen molar-refractivity contribution >= 4 is 17.3 Å². The first-order chi connectivity index (χ1) is 12.3. The molecule has 2 aliphatic carbocycles. The number of aromatic carboxylic acids is 1. The zero-order valence-electron chi connectivity index (χ0n) is 15.6. The van der Waals surface area contributed by atoms with Crippen molar-refractivity contribution in [3.8, 4) is 10.4 Å². The van der Waals surface area contributed by atoms with Crippen molar-refractivity contribution in [2.24, 2.45) is 11.3 Å². The Balaban J connectivity index is 1.89. The van der Waals surface area contributed by atoms with E-state index in [0.717, 1.165) is 48.1 Å². The Morgan fingerprint density at radius 2 is 2.08 bits per heavy atom. The van der Waals surface area contributed by atoms with E-state index >= 15 is 0 Å². The molecule has 2 aromatic rings. The smallest absolute Gasteiger partial charge is 0.337 e. The maximum atomic E-state index is 12.2. The number of nitrogens with zero attached hydrogens (tertiary/aromatic N) is 1. The fourth-order valence-electron chi connectivity index (χ4n) is 4.60. The van der Waals surface area contributed by atoms with Crippen LogP contribution in [0.2, 0.25) is 0 Å². The van der Waals surface area contributed by atoms with E-state index < -0.39 is 5.97 Å². The minimum atomic E-state index is -0.793. The summed E-state index contributed by atoms with van der Waals surface area (Å²) in [6.07, 6.45) is 4.89. The van der Waals surface area contributed by atoms with E-state index in [1.807, 2.05) is 13.1 Å². The second-order valence-electron chi connectivity index (χ2n) is 8.45. The summed E-state index contributed by atoms with van der Waals surface area (Å²) >= 11 is 1.69. The molecule has 4 rings (SSSR count). The summed E-state index contributed by atoms with van der Waals surface area (Å²) in [7, 11) is 1.90. The summed E-state index contributed by atoms with van der Waals surface area (Å²) in [4.78, 5) is 14.4. The molecule has 0 unspecified atom stereocenters. The number of benzene rings is 1. The number of thiophene rings is 1. The molecule has 0 bridgehead atoms. The van der Waals surface area contributed by atoms with Gasteiger partial charge in [-0.15, -0.1) is 11.3 Å². The van der Waals surface area contributed by atoms with Crippen LogP contribution in [-0.4, -0.2) is 23.1 Å². The van der Waals surface area contributed by atoms with Gasteiger partial charge in [-0.05, 0) is 59.8 Å². The van der Waals surface area contributed by atoms with E-state index in [2.05, 4.69) is 26.0 Å². The van der Waals surface area contributed by atoms with Crippen LogP contribution in [0, 0.1) is 5.41 Å². The first-order valence-corrected chi connectivity index (χ1v) is 10.1. The predicted molar refractivity (Wildman–Crippen MR) is 106 cm³/mol. The summed E-state index contributed by atoms with van der Waals surface area (Å²) in [5, 5.41) is 11.8. The highest BCUT2D eigenvalue weighted by molar-refractivity contribution is 7.16. The molecule has 0 aliphatic heterocycles. The molecule has 3 N–H and O–H groups in total. The molecule has 4 nitrogen and oxygen atoms in total. The van der Waals surface area contributed by atoms with Crippen LogP contribution in [0.15, 0.2) is 18.2 Å². The Hall–Kier alpha value is -1.69. The fraction of sp³-hybridized carbons (Fsp3) is 0.476. The van der Waals surface area contributed by atoms with Gasteiger partial charge in [0.05, 0.1) is 5.56 Å². The van der Waals surface area contributed by atoms with Crippen molar-refractivity contribution in [1.82, 2.24) is 5.01 Å². The van der Waals surface area contributed by atoms with Gasteiger partial charge in [-0.25, -0.2) is 9.80 Å². The topological polar surface area (TPSA) is 66.6 Å². The quantitative estimate of drug-likeness (QED) is 0.620. The lowest BCUT2D eigenvalue weighted by molar-refractivity contribution is 0.0696. The zero-order valence-corrected chi connectivity index (χ0v) is 16.4. The molecule has 26 heavy (non-hydrogen) atoms. The maximum Gasteiger partial charge on any atom is 0.337 e. The van der Waals surface area contributed by atoms with Gasteiger partial charge in [0, 0.05) is 22.8 Å². The van der Waals surface area contributed by atoms with E-state index in [-0.39, 0.29) is 11.5 Å². The minimum Gasteiger partial charge on any atom is -0.478 e. The van der Waals surface area contributed by atoms with Gasteiger partial charge in [0.15, 0.2) is 0 Å². The Morgan fingerprint density at radius 3 is 2.77 bits per heavy atom. The Morgan fingerprint density at radius 1 is 1.31 bits per heavy atom. The fourth-order valence-corrected chi connectivity index (χ4v) is 5.97. The average molecular weight is 371 g/mol. The number of carbonyl (C=O) groups is 1. The monoisotopic (exact) mass is 370 g/mol. The van der Waals surface area contributed by atoms with Gasteiger partial charge in [0.2, 0.25) is 0 Å². The summed E-state index contributed by atoms with van der Waals surface area (Å²) < 4.78 is 0. The molecule has 0 saturated carbocycles. The number of hydrogen-bond donors (Lipinski definition) is 2. The van der Waals surface area contributed by atoms with Gasteiger partial charge in [-0.2, -0.15) is 0 Å². The number of carboxylic acids is 1.